The maximum Gasteiger partial charge on any atom is 0.332 e. The van der Waals surface area contributed by atoms with Crippen LogP contribution in [0.5, 0.6) is 0 Å². The van der Waals surface area contributed by atoms with Crippen LogP contribution in [0.1, 0.15) is 49.8 Å². The molecule has 2 heterocycles. The summed E-state index contributed by atoms with van der Waals surface area (Å²) in [6, 6.07) is 15.8. The minimum absolute atomic E-state index is 0.0500. The van der Waals surface area contributed by atoms with Gasteiger partial charge in [-0.25, -0.2) is 0 Å². The molecule has 0 amide bonds. The average Bonchev–Trinajstić information content (AvgIpc) is 3.65. The van der Waals surface area contributed by atoms with E-state index in [1.54, 1.807) is 12.1 Å². The number of benzene rings is 3. The standard InChI is InChI=1S/C30H25FN2O3S/c1-3-5-7-20-16-25-27(17-24(20)19-8-6-9-22(15-19)37(31,35)36)33(21-11-12-21)30-28(29(25)34)23-13-10-18(4-2)14-26(23)32-30/h2,6,8-10,13-17,21,32H,3,5,7,11-12H2,1H3. The Balaban J connectivity index is 1.72. The summed E-state index contributed by atoms with van der Waals surface area (Å²) >= 11 is 0. The summed E-state index contributed by atoms with van der Waals surface area (Å²) in [7, 11) is -4.85. The molecule has 6 rings (SSSR count). The van der Waals surface area contributed by atoms with Crippen LogP contribution in [0, 0.1) is 12.3 Å². The number of terminal acetylenes is 1. The first kappa shape index (κ1) is 23.5. The Morgan fingerprint density at radius 1 is 1.11 bits per heavy atom. The smallest absolute Gasteiger partial charge is 0.332 e. The molecule has 1 saturated carbocycles. The quantitative estimate of drug-likeness (QED) is 0.205. The summed E-state index contributed by atoms with van der Waals surface area (Å²) in [4.78, 5) is 17.0. The van der Waals surface area contributed by atoms with E-state index in [1.165, 1.54) is 12.1 Å². The first-order valence-electron chi connectivity index (χ1n) is 12.5. The predicted molar refractivity (Wildman–Crippen MR) is 146 cm³/mol. The molecule has 7 heteroatoms. The summed E-state index contributed by atoms with van der Waals surface area (Å²) in [5, 5.41) is 2.12. The molecule has 1 fully saturated rings. The second-order valence-corrected chi connectivity index (χ2v) is 11.1. The van der Waals surface area contributed by atoms with Gasteiger partial charge in [-0.2, -0.15) is 8.42 Å². The van der Waals surface area contributed by atoms with Crippen molar-refractivity contribution in [3.8, 4) is 23.5 Å². The maximum atomic E-state index is 14.0. The van der Waals surface area contributed by atoms with E-state index < -0.39 is 10.2 Å². The van der Waals surface area contributed by atoms with Gasteiger partial charge in [-0.1, -0.05) is 37.5 Å². The molecule has 5 aromatic rings. The largest absolute Gasteiger partial charge is 0.340 e. The van der Waals surface area contributed by atoms with Gasteiger partial charge in [0, 0.05) is 27.9 Å². The van der Waals surface area contributed by atoms with Gasteiger partial charge in [-0.3, -0.25) is 4.79 Å². The van der Waals surface area contributed by atoms with Crippen LogP contribution in [-0.4, -0.2) is 18.0 Å². The van der Waals surface area contributed by atoms with Gasteiger partial charge in [0.2, 0.25) is 0 Å². The van der Waals surface area contributed by atoms with Crippen molar-refractivity contribution in [1.29, 1.82) is 0 Å². The van der Waals surface area contributed by atoms with E-state index in [0.717, 1.165) is 64.4 Å². The molecule has 0 unspecified atom stereocenters. The Hall–Kier alpha value is -3.89. The fraction of sp³-hybridized carbons (Fsp3) is 0.233. The average molecular weight is 513 g/mol. The number of hydrogen-bond acceptors (Lipinski definition) is 3. The van der Waals surface area contributed by atoms with Crippen molar-refractivity contribution in [2.24, 2.45) is 0 Å². The molecule has 0 atom stereocenters. The number of fused-ring (bicyclic) bond motifs is 4. The van der Waals surface area contributed by atoms with Crippen molar-refractivity contribution >= 4 is 43.1 Å². The predicted octanol–water partition coefficient (Wildman–Crippen LogP) is 6.62. The molecule has 1 aliphatic rings. The van der Waals surface area contributed by atoms with Gasteiger partial charge in [0.15, 0.2) is 5.43 Å². The highest BCUT2D eigenvalue weighted by Gasteiger charge is 2.29. The third kappa shape index (κ3) is 3.93. The Labute approximate surface area is 214 Å². The van der Waals surface area contributed by atoms with Crippen molar-refractivity contribution in [3.63, 3.8) is 0 Å². The third-order valence-electron chi connectivity index (χ3n) is 7.28. The van der Waals surface area contributed by atoms with Crippen LogP contribution in [-0.2, 0) is 16.6 Å². The molecular formula is C30H25FN2O3S. The lowest BCUT2D eigenvalue weighted by Crippen LogP contribution is -2.11. The zero-order valence-electron chi connectivity index (χ0n) is 20.3. The SMILES string of the molecule is C#Cc1ccc2c(c1)[nH]c1c2c(=O)c2cc(CCCC)c(-c3cccc(S(=O)(=O)F)c3)cc2n1C1CC1. The molecule has 1 N–H and O–H groups in total. The number of halogens is 1. The first-order valence-corrected chi connectivity index (χ1v) is 13.9. The van der Waals surface area contributed by atoms with Gasteiger partial charge in [-0.15, -0.1) is 10.3 Å². The number of nitrogens with zero attached hydrogens (tertiary/aromatic N) is 1. The molecular weight excluding hydrogens is 487 g/mol. The fourth-order valence-corrected chi connectivity index (χ4v) is 5.83. The van der Waals surface area contributed by atoms with Gasteiger partial charge in [0.1, 0.15) is 5.65 Å². The van der Waals surface area contributed by atoms with Crippen LogP contribution in [0.2, 0.25) is 0 Å². The van der Waals surface area contributed by atoms with Gasteiger partial charge in [0.05, 0.1) is 15.8 Å². The van der Waals surface area contributed by atoms with E-state index in [2.05, 4.69) is 22.4 Å². The Morgan fingerprint density at radius 2 is 1.92 bits per heavy atom. The first-order chi connectivity index (χ1) is 17.8. The van der Waals surface area contributed by atoms with Crippen molar-refractivity contribution in [3.05, 3.63) is 75.9 Å². The van der Waals surface area contributed by atoms with E-state index >= 15 is 0 Å². The number of aromatic amines is 1. The van der Waals surface area contributed by atoms with E-state index in [1.807, 2.05) is 30.3 Å². The van der Waals surface area contributed by atoms with Crippen LogP contribution in [0.3, 0.4) is 0 Å². The van der Waals surface area contributed by atoms with Crippen LogP contribution in [0.15, 0.2) is 64.3 Å². The van der Waals surface area contributed by atoms with Crippen molar-refractivity contribution < 1.29 is 12.3 Å². The Bertz CT molecular complexity index is 1940. The normalized spacial score (nSPS) is 14.0. The lowest BCUT2D eigenvalue weighted by molar-refractivity contribution is 0.552. The Morgan fingerprint density at radius 3 is 2.62 bits per heavy atom. The molecule has 0 aliphatic heterocycles. The van der Waals surface area contributed by atoms with Gasteiger partial charge in [0.25, 0.3) is 0 Å². The number of nitrogens with one attached hydrogen (secondary N) is 1. The molecule has 186 valence electrons. The van der Waals surface area contributed by atoms with E-state index in [9.17, 15) is 17.1 Å². The maximum absolute atomic E-state index is 14.0. The number of H-pyrrole nitrogens is 1. The summed E-state index contributed by atoms with van der Waals surface area (Å²) in [5.41, 5.74) is 5.41. The molecule has 0 bridgehead atoms. The summed E-state index contributed by atoms with van der Waals surface area (Å²) in [5.74, 6) is 2.65. The highest BCUT2D eigenvalue weighted by Crippen LogP contribution is 2.42. The van der Waals surface area contributed by atoms with Crippen LogP contribution in [0.25, 0.3) is 44.0 Å². The number of rotatable bonds is 6. The lowest BCUT2D eigenvalue weighted by atomic mass is 9.93. The number of aryl methyl sites for hydroxylation is 1. The van der Waals surface area contributed by atoms with Gasteiger partial charge >= 0.3 is 10.2 Å². The van der Waals surface area contributed by atoms with Crippen LogP contribution >= 0.6 is 0 Å². The van der Waals surface area contributed by atoms with Gasteiger partial charge in [-0.05, 0) is 78.8 Å². The topological polar surface area (TPSA) is 71.9 Å². The fourth-order valence-electron chi connectivity index (χ4n) is 5.32. The summed E-state index contributed by atoms with van der Waals surface area (Å²) in [6.45, 7) is 2.09. The van der Waals surface area contributed by atoms with E-state index in [4.69, 9.17) is 6.42 Å². The molecule has 0 saturated heterocycles. The van der Waals surface area contributed by atoms with E-state index in [-0.39, 0.29) is 16.4 Å². The molecule has 0 radical (unpaired) electrons. The zero-order valence-corrected chi connectivity index (χ0v) is 21.2. The summed E-state index contributed by atoms with van der Waals surface area (Å²) in [6.07, 6.45) is 10.2. The second-order valence-electron chi connectivity index (χ2n) is 9.78. The second kappa shape index (κ2) is 8.60. The Kier molecular flexibility index (Phi) is 5.46. The minimum atomic E-state index is -4.85. The molecule has 0 spiro atoms. The van der Waals surface area contributed by atoms with Crippen LogP contribution < -0.4 is 5.43 Å². The highest BCUT2D eigenvalue weighted by atomic mass is 32.3. The number of hydrogen-bond donors (Lipinski definition) is 1. The van der Waals surface area contributed by atoms with Crippen molar-refractivity contribution in [1.82, 2.24) is 9.55 Å². The minimum Gasteiger partial charge on any atom is -0.340 e. The lowest BCUT2D eigenvalue weighted by Gasteiger charge is -2.17. The number of aromatic nitrogens is 2. The molecule has 2 aromatic heterocycles. The molecule has 5 nitrogen and oxygen atoms in total. The monoisotopic (exact) mass is 512 g/mol. The molecule has 3 aromatic carbocycles. The van der Waals surface area contributed by atoms with Gasteiger partial charge < -0.3 is 9.55 Å². The molecule has 37 heavy (non-hydrogen) atoms. The molecule has 1 aliphatic carbocycles. The van der Waals surface area contributed by atoms with Crippen LogP contribution in [0.4, 0.5) is 3.89 Å². The third-order valence-corrected chi connectivity index (χ3v) is 8.09. The number of pyridine rings is 1. The number of unbranched alkanes of at least 4 members (excludes halogenated alkanes) is 1. The van der Waals surface area contributed by atoms with Crippen molar-refractivity contribution in [2.75, 3.05) is 0 Å². The summed E-state index contributed by atoms with van der Waals surface area (Å²) < 4.78 is 39.3. The highest BCUT2D eigenvalue weighted by molar-refractivity contribution is 7.86. The van der Waals surface area contributed by atoms with E-state index in [0.29, 0.717) is 22.8 Å². The zero-order chi connectivity index (χ0) is 25.9. The van der Waals surface area contributed by atoms with Crippen molar-refractivity contribution in [2.45, 2.75) is 50.0 Å².